The van der Waals surface area contributed by atoms with Crippen LogP contribution in [-0.2, 0) is 0 Å². The van der Waals surface area contributed by atoms with Crippen LogP contribution in [0.2, 0.25) is 0 Å². The van der Waals surface area contributed by atoms with Crippen molar-refractivity contribution < 1.29 is 0 Å². The summed E-state index contributed by atoms with van der Waals surface area (Å²) in [7, 11) is 0. The Hall–Kier alpha value is -0.900. The van der Waals surface area contributed by atoms with Gasteiger partial charge in [-0.15, -0.1) is 6.58 Å². The molecule has 0 amide bonds. The largest absolute Gasteiger partial charge is 0.363 e. The Balaban J connectivity index is 2.75. The number of halogens is 1. The van der Waals surface area contributed by atoms with Gasteiger partial charge in [0, 0.05) is 12.2 Å². The molecule has 0 fully saturated rings. The lowest BCUT2D eigenvalue weighted by Crippen LogP contribution is -2.12. The monoisotopic (exact) mass is 227 g/mol. The third kappa shape index (κ3) is 2.30. The fraction of sp³-hybridized carbons (Fsp3) is 0.250. The van der Waals surface area contributed by atoms with Crippen molar-refractivity contribution in [2.45, 2.75) is 13.0 Å². The predicted molar refractivity (Wildman–Crippen MR) is 53.0 cm³/mol. The van der Waals surface area contributed by atoms with Crippen molar-refractivity contribution in [1.82, 2.24) is 9.97 Å². The third-order valence-electron chi connectivity index (χ3n) is 1.39. The summed E-state index contributed by atoms with van der Waals surface area (Å²) in [6.45, 7) is 5.67. The van der Waals surface area contributed by atoms with Gasteiger partial charge in [0.2, 0.25) is 0 Å². The number of nitrogens with one attached hydrogen (secondary N) is 1. The molecule has 0 radical (unpaired) electrons. The average Bonchev–Trinajstić information content (AvgIpc) is 2.09. The highest BCUT2D eigenvalue weighted by Gasteiger charge is 2.01. The summed E-state index contributed by atoms with van der Waals surface area (Å²) in [5, 5.41) is 3.14. The Morgan fingerprint density at radius 3 is 3.08 bits per heavy atom. The Labute approximate surface area is 80.1 Å². The molecule has 3 nitrogen and oxygen atoms in total. The molecule has 4 heteroatoms. The van der Waals surface area contributed by atoms with E-state index < -0.39 is 0 Å². The number of anilines is 1. The molecule has 0 aliphatic carbocycles. The SMILES string of the molecule is C=CC(C)Nc1ncncc1Br. The minimum absolute atomic E-state index is 0.205. The van der Waals surface area contributed by atoms with Crippen molar-refractivity contribution in [1.29, 1.82) is 0 Å². The minimum atomic E-state index is 0.205. The minimum Gasteiger partial charge on any atom is -0.363 e. The molecule has 0 aliphatic heterocycles. The topological polar surface area (TPSA) is 37.8 Å². The zero-order valence-electron chi connectivity index (χ0n) is 6.79. The van der Waals surface area contributed by atoms with Crippen molar-refractivity contribution in [2.24, 2.45) is 0 Å². The van der Waals surface area contributed by atoms with E-state index in [-0.39, 0.29) is 6.04 Å². The molecule has 0 saturated heterocycles. The maximum Gasteiger partial charge on any atom is 0.144 e. The lowest BCUT2D eigenvalue weighted by Gasteiger charge is -2.09. The zero-order valence-corrected chi connectivity index (χ0v) is 8.37. The number of hydrogen-bond donors (Lipinski definition) is 1. The smallest absolute Gasteiger partial charge is 0.144 e. The standard InChI is InChI=1S/C8H10BrN3/c1-3-6(2)12-8-7(9)4-10-5-11-8/h3-6H,1H2,2H3,(H,10,11,12). The van der Waals surface area contributed by atoms with E-state index in [4.69, 9.17) is 0 Å². The van der Waals surface area contributed by atoms with E-state index in [9.17, 15) is 0 Å². The molecular weight excluding hydrogens is 218 g/mol. The molecule has 1 rings (SSSR count). The van der Waals surface area contributed by atoms with Crippen LogP contribution in [0.5, 0.6) is 0 Å². The Bertz CT molecular complexity index is 275. The van der Waals surface area contributed by atoms with Gasteiger partial charge in [-0.2, -0.15) is 0 Å². The van der Waals surface area contributed by atoms with E-state index in [1.54, 1.807) is 6.20 Å². The first-order valence-electron chi connectivity index (χ1n) is 3.58. The maximum atomic E-state index is 4.05. The summed E-state index contributed by atoms with van der Waals surface area (Å²) in [6, 6.07) is 0.205. The number of nitrogens with zero attached hydrogens (tertiary/aromatic N) is 2. The molecule has 1 N–H and O–H groups in total. The summed E-state index contributed by atoms with van der Waals surface area (Å²) >= 11 is 3.33. The van der Waals surface area contributed by atoms with Crippen LogP contribution in [-0.4, -0.2) is 16.0 Å². The molecule has 1 aromatic rings. The van der Waals surface area contributed by atoms with Gasteiger partial charge in [-0.25, -0.2) is 9.97 Å². The van der Waals surface area contributed by atoms with Gasteiger partial charge in [0.1, 0.15) is 12.1 Å². The maximum absolute atomic E-state index is 4.05. The Kier molecular flexibility index (Phi) is 3.22. The fourth-order valence-electron chi connectivity index (χ4n) is 0.693. The molecule has 0 aromatic carbocycles. The molecule has 1 unspecified atom stereocenters. The van der Waals surface area contributed by atoms with Crippen LogP contribution in [0, 0.1) is 0 Å². The molecule has 0 bridgehead atoms. The van der Waals surface area contributed by atoms with E-state index in [1.165, 1.54) is 6.33 Å². The summed E-state index contributed by atoms with van der Waals surface area (Å²) in [6.07, 6.45) is 5.02. The van der Waals surface area contributed by atoms with Gasteiger partial charge in [-0.3, -0.25) is 0 Å². The zero-order chi connectivity index (χ0) is 8.97. The van der Waals surface area contributed by atoms with Gasteiger partial charge in [0.15, 0.2) is 0 Å². The molecule has 64 valence electrons. The first-order chi connectivity index (χ1) is 5.74. The third-order valence-corrected chi connectivity index (χ3v) is 1.97. The van der Waals surface area contributed by atoms with E-state index >= 15 is 0 Å². The molecule has 12 heavy (non-hydrogen) atoms. The highest BCUT2D eigenvalue weighted by Crippen LogP contribution is 2.17. The highest BCUT2D eigenvalue weighted by atomic mass is 79.9. The van der Waals surface area contributed by atoms with Crippen molar-refractivity contribution >= 4 is 21.7 Å². The van der Waals surface area contributed by atoms with E-state index in [0.717, 1.165) is 10.3 Å². The number of rotatable bonds is 3. The van der Waals surface area contributed by atoms with Crippen LogP contribution < -0.4 is 5.32 Å². The van der Waals surface area contributed by atoms with Crippen molar-refractivity contribution in [3.63, 3.8) is 0 Å². The van der Waals surface area contributed by atoms with Crippen LogP contribution in [0.3, 0.4) is 0 Å². The first-order valence-corrected chi connectivity index (χ1v) is 4.38. The number of hydrogen-bond acceptors (Lipinski definition) is 3. The number of aromatic nitrogens is 2. The molecule has 0 saturated carbocycles. The quantitative estimate of drug-likeness (QED) is 0.806. The second kappa shape index (κ2) is 4.21. The summed E-state index contributed by atoms with van der Waals surface area (Å²) in [4.78, 5) is 7.90. The molecule has 1 heterocycles. The van der Waals surface area contributed by atoms with Crippen molar-refractivity contribution in [3.8, 4) is 0 Å². The van der Waals surface area contributed by atoms with Crippen LogP contribution >= 0.6 is 15.9 Å². The van der Waals surface area contributed by atoms with Crippen LogP contribution in [0.15, 0.2) is 29.7 Å². The first kappa shape index (κ1) is 9.19. The van der Waals surface area contributed by atoms with Crippen molar-refractivity contribution in [2.75, 3.05) is 5.32 Å². The second-order valence-corrected chi connectivity index (χ2v) is 3.24. The van der Waals surface area contributed by atoms with Gasteiger partial charge in [0.25, 0.3) is 0 Å². The Morgan fingerprint density at radius 2 is 2.50 bits per heavy atom. The molecule has 1 aromatic heterocycles. The van der Waals surface area contributed by atoms with Gasteiger partial charge in [0.05, 0.1) is 4.47 Å². The van der Waals surface area contributed by atoms with E-state index in [2.05, 4.69) is 37.8 Å². The van der Waals surface area contributed by atoms with E-state index in [1.807, 2.05) is 13.0 Å². The van der Waals surface area contributed by atoms with Gasteiger partial charge < -0.3 is 5.32 Å². The highest BCUT2D eigenvalue weighted by molar-refractivity contribution is 9.10. The normalized spacial score (nSPS) is 12.2. The van der Waals surface area contributed by atoms with Crippen LogP contribution in [0.4, 0.5) is 5.82 Å². The fourth-order valence-corrected chi connectivity index (χ4v) is 1.03. The lowest BCUT2D eigenvalue weighted by molar-refractivity contribution is 0.972. The van der Waals surface area contributed by atoms with E-state index in [0.29, 0.717) is 0 Å². The van der Waals surface area contributed by atoms with Gasteiger partial charge in [-0.05, 0) is 22.9 Å². The summed E-state index contributed by atoms with van der Waals surface area (Å²) < 4.78 is 0.860. The lowest BCUT2D eigenvalue weighted by atomic mass is 10.3. The van der Waals surface area contributed by atoms with Crippen LogP contribution in [0.1, 0.15) is 6.92 Å². The molecule has 1 atom stereocenters. The van der Waals surface area contributed by atoms with Gasteiger partial charge in [-0.1, -0.05) is 6.08 Å². The molecule has 0 aliphatic rings. The summed E-state index contributed by atoms with van der Waals surface area (Å²) in [5.74, 6) is 0.789. The average molecular weight is 228 g/mol. The molecule has 0 spiro atoms. The predicted octanol–water partition coefficient (Wildman–Crippen LogP) is 2.23. The van der Waals surface area contributed by atoms with Crippen molar-refractivity contribution in [3.05, 3.63) is 29.7 Å². The second-order valence-electron chi connectivity index (χ2n) is 2.39. The Morgan fingerprint density at radius 1 is 1.75 bits per heavy atom. The van der Waals surface area contributed by atoms with Gasteiger partial charge >= 0.3 is 0 Å². The molecular formula is C8H10BrN3. The van der Waals surface area contributed by atoms with Crippen LogP contribution in [0.25, 0.3) is 0 Å². The summed E-state index contributed by atoms with van der Waals surface area (Å²) in [5.41, 5.74) is 0.